The minimum atomic E-state index is 0.341. The highest BCUT2D eigenvalue weighted by Crippen LogP contribution is 2.17. The van der Waals surface area contributed by atoms with Gasteiger partial charge in [0.1, 0.15) is 5.78 Å². The van der Waals surface area contributed by atoms with Crippen LogP contribution in [0.25, 0.3) is 0 Å². The topological polar surface area (TPSA) is 17.1 Å². The van der Waals surface area contributed by atoms with E-state index in [9.17, 15) is 4.79 Å². The number of ketones is 1. The molecule has 0 aliphatic heterocycles. The highest BCUT2D eigenvalue weighted by atomic mass is 16.1. The Morgan fingerprint density at radius 3 is 1.32 bits per heavy atom. The van der Waals surface area contributed by atoms with Gasteiger partial charge in [-0.3, -0.25) is 0 Å². The third kappa shape index (κ3) is 15.8. The van der Waals surface area contributed by atoms with Crippen molar-refractivity contribution < 1.29 is 4.79 Å². The van der Waals surface area contributed by atoms with Crippen LogP contribution in [-0.2, 0) is 4.79 Å². The Balaban J connectivity index is 3.08. The molecule has 0 fully saturated rings. The van der Waals surface area contributed by atoms with Crippen molar-refractivity contribution in [3.63, 3.8) is 0 Å². The van der Waals surface area contributed by atoms with Crippen molar-refractivity contribution in [2.24, 2.45) is 5.92 Å². The van der Waals surface area contributed by atoms with Crippen LogP contribution in [0, 0.1) is 5.92 Å². The molecule has 0 spiro atoms. The first-order valence-corrected chi connectivity index (χ1v) is 9.71. The van der Waals surface area contributed by atoms with Gasteiger partial charge < -0.3 is 4.79 Å². The van der Waals surface area contributed by atoms with Gasteiger partial charge in [-0.2, -0.15) is 0 Å². The summed E-state index contributed by atoms with van der Waals surface area (Å²) in [6.45, 7) is 10.3. The minimum absolute atomic E-state index is 0.341. The molecular weight excluding hydrogens is 268 g/mol. The van der Waals surface area contributed by atoms with E-state index in [0.717, 1.165) is 12.8 Å². The zero-order valence-corrected chi connectivity index (χ0v) is 15.6. The summed E-state index contributed by atoms with van der Waals surface area (Å²) in [6.07, 6.45) is 18.1. The van der Waals surface area contributed by atoms with Gasteiger partial charge in [-0.05, 0) is 32.1 Å². The summed E-state index contributed by atoms with van der Waals surface area (Å²) < 4.78 is 0. The Labute approximate surface area is 140 Å². The number of carbonyl (C=O) groups excluding carboxylic acids is 1. The van der Waals surface area contributed by atoms with Crippen molar-refractivity contribution in [3.05, 3.63) is 12.2 Å². The van der Waals surface area contributed by atoms with Crippen molar-refractivity contribution in [2.45, 2.75) is 111 Å². The third-order valence-corrected chi connectivity index (χ3v) is 4.59. The molecule has 0 unspecified atom stereocenters. The lowest BCUT2D eigenvalue weighted by atomic mass is 9.98. The molecule has 1 heteroatoms. The summed E-state index contributed by atoms with van der Waals surface area (Å²) in [5.74, 6) is 0.996. The maximum absolute atomic E-state index is 10.8. The maximum Gasteiger partial charge on any atom is 0.129 e. The van der Waals surface area contributed by atoms with E-state index >= 15 is 0 Å². The van der Waals surface area contributed by atoms with Gasteiger partial charge in [0, 0.05) is 6.42 Å². The summed E-state index contributed by atoms with van der Waals surface area (Å²) in [5.41, 5.74) is 1.42. The molecule has 0 aromatic carbocycles. The van der Waals surface area contributed by atoms with Crippen LogP contribution in [0.15, 0.2) is 12.2 Å². The molecule has 0 amide bonds. The molecular formula is C21H40O. The van der Waals surface area contributed by atoms with Gasteiger partial charge in [0.05, 0.1) is 0 Å². The van der Waals surface area contributed by atoms with Crippen LogP contribution in [-0.4, -0.2) is 5.78 Å². The first-order valence-electron chi connectivity index (χ1n) is 9.71. The molecule has 0 saturated heterocycles. The Hall–Kier alpha value is -0.590. The molecule has 0 saturated carbocycles. The van der Waals surface area contributed by atoms with Crippen LogP contribution >= 0.6 is 0 Å². The van der Waals surface area contributed by atoms with E-state index < -0.39 is 0 Å². The molecule has 0 bridgehead atoms. The lowest BCUT2D eigenvalue weighted by Gasteiger charge is -2.08. The molecule has 0 aromatic heterocycles. The molecule has 0 aliphatic rings. The van der Waals surface area contributed by atoms with Gasteiger partial charge in [-0.15, -0.1) is 0 Å². The monoisotopic (exact) mass is 308 g/mol. The van der Waals surface area contributed by atoms with Crippen molar-refractivity contribution in [1.82, 2.24) is 0 Å². The number of allylic oxidation sites excluding steroid dienone is 1. The summed E-state index contributed by atoms with van der Waals surface area (Å²) in [5, 5.41) is 0. The molecule has 1 nitrogen and oxygen atoms in total. The number of hydrogen-bond donors (Lipinski definition) is 0. The smallest absolute Gasteiger partial charge is 0.129 e. The molecule has 0 aromatic rings. The van der Waals surface area contributed by atoms with Crippen LogP contribution in [0.3, 0.4) is 0 Å². The van der Waals surface area contributed by atoms with Crippen molar-refractivity contribution in [1.29, 1.82) is 0 Å². The first-order chi connectivity index (χ1) is 10.5. The van der Waals surface area contributed by atoms with Gasteiger partial charge in [-0.25, -0.2) is 0 Å². The fourth-order valence-electron chi connectivity index (χ4n) is 2.78. The molecule has 0 rings (SSSR count). The lowest BCUT2D eigenvalue weighted by molar-refractivity contribution is -0.117. The minimum Gasteiger partial charge on any atom is -0.300 e. The van der Waals surface area contributed by atoms with Gasteiger partial charge in [0.25, 0.3) is 0 Å². The highest BCUT2D eigenvalue weighted by molar-refractivity contribution is 5.75. The Kier molecular flexibility index (Phi) is 14.9. The summed E-state index contributed by atoms with van der Waals surface area (Å²) in [7, 11) is 0. The lowest BCUT2D eigenvalue weighted by Crippen LogP contribution is -1.92. The number of Topliss-reactive ketones (excluding diaryl/α,β-unsaturated/α-hetero) is 1. The number of hydrogen-bond acceptors (Lipinski definition) is 1. The second kappa shape index (κ2) is 15.3. The molecule has 0 heterocycles. The average molecular weight is 309 g/mol. The zero-order chi connectivity index (χ0) is 16.6. The summed E-state index contributed by atoms with van der Waals surface area (Å²) in [6, 6.07) is 0. The third-order valence-electron chi connectivity index (χ3n) is 4.59. The summed E-state index contributed by atoms with van der Waals surface area (Å²) >= 11 is 0. The van der Waals surface area contributed by atoms with Gasteiger partial charge in [-0.1, -0.05) is 90.2 Å². The fourth-order valence-corrected chi connectivity index (χ4v) is 2.78. The van der Waals surface area contributed by atoms with Crippen LogP contribution in [0.2, 0.25) is 0 Å². The quantitative estimate of drug-likeness (QED) is 0.217. The molecule has 130 valence electrons. The molecule has 0 N–H and O–H groups in total. The van der Waals surface area contributed by atoms with E-state index in [1.165, 1.54) is 82.6 Å². The molecule has 22 heavy (non-hydrogen) atoms. The second-order valence-electron chi connectivity index (χ2n) is 7.26. The van der Waals surface area contributed by atoms with Crippen LogP contribution in [0.5, 0.6) is 0 Å². The van der Waals surface area contributed by atoms with Gasteiger partial charge in [0.15, 0.2) is 0 Å². The van der Waals surface area contributed by atoms with E-state index in [1.807, 2.05) is 0 Å². The Morgan fingerprint density at radius 1 is 0.682 bits per heavy atom. The van der Waals surface area contributed by atoms with Gasteiger partial charge >= 0.3 is 0 Å². The van der Waals surface area contributed by atoms with Crippen molar-refractivity contribution >= 4 is 5.78 Å². The predicted molar refractivity (Wildman–Crippen MR) is 99.3 cm³/mol. The van der Waals surface area contributed by atoms with Crippen LogP contribution in [0.1, 0.15) is 111 Å². The predicted octanol–water partition coefficient (Wildman–Crippen LogP) is 7.25. The van der Waals surface area contributed by atoms with E-state index in [1.54, 1.807) is 6.92 Å². The Morgan fingerprint density at radius 2 is 1.00 bits per heavy atom. The fraction of sp³-hybridized carbons (Fsp3) is 0.857. The second-order valence-corrected chi connectivity index (χ2v) is 7.26. The van der Waals surface area contributed by atoms with Crippen molar-refractivity contribution in [2.75, 3.05) is 0 Å². The summed E-state index contributed by atoms with van der Waals surface area (Å²) in [4.78, 5) is 10.8. The first kappa shape index (κ1) is 21.4. The average Bonchev–Trinajstić information content (AvgIpc) is 2.46. The van der Waals surface area contributed by atoms with Crippen LogP contribution < -0.4 is 0 Å². The maximum atomic E-state index is 10.8. The van der Waals surface area contributed by atoms with Crippen LogP contribution in [0.4, 0.5) is 0 Å². The van der Waals surface area contributed by atoms with E-state index in [2.05, 4.69) is 20.4 Å². The molecule has 0 atom stereocenters. The molecule has 0 aliphatic carbocycles. The largest absolute Gasteiger partial charge is 0.300 e. The van der Waals surface area contributed by atoms with Gasteiger partial charge in [0.2, 0.25) is 0 Å². The van der Waals surface area contributed by atoms with Crippen molar-refractivity contribution in [3.8, 4) is 0 Å². The standard InChI is InChI=1S/C21H40O/c1-19(2)20(3)17-15-13-11-9-7-5-6-8-10-12-14-16-18-21(4)22/h19H,3,5-18H2,1-2,4H3. The number of carbonyl (C=O) groups is 1. The highest BCUT2D eigenvalue weighted by Gasteiger charge is 1.99. The molecule has 0 radical (unpaired) electrons. The normalized spacial score (nSPS) is 11.1. The number of rotatable bonds is 16. The zero-order valence-electron chi connectivity index (χ0n) is 15.6. The van der Waals surface area contributed by atoms with E-state index in [4.69, 9.17) is 0 Å². The SMILES string of the molecule is C=C(CCCCCCCCCCCCCCC(C)=O)C(C)C. The Bertz CT molecular complexity index is 278. The van der Waals surface area contributed by atoms with E-state index in [0.29, 0.717) is 11.7 Å². The van der Waals surface area contributed by atoms with E-state index in [-0.39, 0.29) is 0 Å². The number of unbranched alkanes of at least 4 members (excludes halogenated alkanes) is 11.